The van der Waals surface area contributed by atoms with Gasteiger partial charge >= 0.3 is 0 Å². The van der Waals surface area contributed by atoms with Crippen molar-refractivity contribution in [3.8, 4) is 0 Å². The molecule has 1 heterocycles. The Hall–Kier alpha value is -0.0400. The number of likely N-dealkylation sites (tertiary alicyclic amines) is 1. The second kappa shape index (κ2) is 3.84. The molecular weight excluding hydrogens is 170 g/mol. The predicted octanol–water partition coefficient (Wildman–Crippen LogP) is 3.30. The summed E-state index contributed by atoms with van der Waals surface area (Å²) in [6.45, 7) is 6.13. The molecule has 1 atom stereocenters. The van der Waals surface area contributed by atoms with E-state index in [9.17, 15) is 0 Å². The lowest BCUT2D eigenvalue weighted by Gasteiger charge is -2.33. The van der Waals surface area contributed by atoms with E-state index >= 15 is 0 Å². The number of hydrogen-bond donors (Lipinski definition) is 0. The minimum atomic E-state index is 0.724. The fraction of sp³-hybridized carbons (Fsp3) is 1.00. The van der Waals surface area contributed by atoms with Crippen LogP contribution in [-0.2, 0) is 0 Å². The van der Waals surface area contributed by atoms with Gasteiger partial charge in [-0.15, -0.1) is 0 Å². The van der Waals surface area contributed by atoms with Gasteiger partial charge in [0.1, 0.15) is 0 Å². The summed E-state index contributed by atoms with van der Waals surface area (Å²) in [5.74, 6) is 0.835. The van der Waals surface area contributed by atoms with Crippen LogP contribution in [-0.4, -0.2) is 24.5 Å². The molecule has 82 valence electrons. The standard InChI is InChI=1S/C13H25N/c1-11(2)12-9-13(10-14(12)3)7-5-4-6-8-13/h11-12H,4-10H2,1-3H3. The topological polar surface area (TPSA) is 3.24 Å². The van der Waals surface area contributed by atoms with Crippen molar-refractivity contribution < 1.29 is 0 Å². The number of nitrogens with zero attached hydrogens (tertiary/aromatic N) is 1. The molecule has 2 rings (SSSR count). The van der Waals surface area contributed by atoms with Crippen LogP contribution in [0, 0.1) is 11.3 Å². The second-order valence-corrected chi connectivity index (χ2v) is 5.99. The first kappa shape index (κ1) is 10.5. The van der Waals surface area contributed by atoms with E-state index in [0.717, 1.165) is 17.4 Å². The summed E-state index contributed by atoms with van der Waals surface area (Å²) in [5, 5.41) is 0. The first-order valence-corrected chi connectivity index (χ1v) is 6.33. The van der Waals surface area contributed by atoms with E-state index in [0.29, 0.717) is 0 Å². The average Bonchev–Trinajstić information content (AvgIpc) is 2.44. The molecule has 1 saturated heterocycles. The van der Waals surface area contributed by atoms with Crippen LogP contribution in [0.3, 0.4) is 0 Å². The molecule has 0 aromatic rings. The fourth-order valence-electron chi connectivity index (χ4n) is 3.72. The van der Waals surface area contributed by atoms with Gasteiger partial charge < -0.3 is 4.90 Å². The van der Waals surface area contributed by atoms with Crippen LogP contribution in [0.1, 0.15) is 52.4 Å². The molecule has 14 heavy (non-hydrogen) atoms. The molecule has 1 heteroatoms. The Morgan fingerprint density at radius 2 is 1.79 bits per heavy atom. The first-order valence-electron chi connectivity index (χ1n) is 6.33. The van der Waals surface area contributed by atoms with Gasteiger partial charge in [0.25, 0.3) is 0 Å². The van der Waals surface area contributed by atoms with Gasteiger partial charge in [0.15, 0.2) is 0 Å². The maximum absolute atomic E-state index is 2.62. The SMILES string of the molecule is CC(C)C1CC2(CCCCC2)CN1C. The molecule has 0 N–H and O–H groups in total. The zero-order valence-corrected chi connectivity index (χ0v) is 10.1. The van der Waals surface area contributed by atoms with E-state index < -0.39 is 0 Å². The molecule has 0 radical (unpaired) electrons. The van der Waals surface area contributed by atoms with Crippen molar-refractivity contribution in [2.45, 2.75) is 58.4 Å². The summed E-state index contributed by atoms with van der Waals surface area (Å²) in [4.78, 5) is 2.62. The molecular formula is C13H25N. The molecule has 1 aliphatic carbocycles. The molecule has 2 aliphatic rings. The number of rotatable bonds is 1. The van der Waals surface area contributed by atoms with Gasteiger partial charge in [-0.2, -0.15) is 0 Å². The van der Waals surface area contributed by atoms with E-state index in [1.54, 1.807) is 0 Å². The highest BCUT2D eigenvalue weighted by Gasteiger charge is 2.43. The van der Waals surface area contributed by atoms with Crippen LogP contribution < -0.4 is 0 Å². The van der Waals surface area contributed by atoms with Crippen LogP contribution in [0.2, 0.25) is 0 Å². The molecule has 1 aliphatic heterocycles. The summed E-state index contributed by atoms with van der Waals surface area (Å²) >= 11 is 0. The van der Waals surface area contributed by atoms with Gasteiger partial charge in [0.2, 0.25) is 0 Å². The van der Waals surface area contributed by atoms with Gasteiger partial charge in [-0.3, -0.25) is 0 Å². The van der Waals surface area contributed by atoms with E-state index in [2.05, 4.69) is 25.8 Å². The van der Waals surface area contributed by atoms with Crippen LogP contribution in [0.4, 0.5) is 0 Å². The van der Waals surface area contributed by atoms with Crippen molar-refractivity contribution in [2.75, 3.05) is 13.6 Å². The third-order valence-electron chi connectivity index (χ3n) is 4.48. The zero-order chi connectivity index (χ0) is 10.2. The Balaban J connectivity index is 2.03. The van der Waals surface area contributed by atoms with E-state index in [1.807, 2.05) is 0 Å². The third kappa shape index (κ3) is 1.84. The quantitative estimate of drug-likeness (QED) is 0.620. The fourth-order valence-corrected chi connectivity index (χ4v) is 3.72. The van der Waals surface area contributed by atoms with Gasteiger partial charge in [-0.1, -0.05) is 33.1 Å². The summed E-state index contributed by atoms with van der Waals surface area (Å²) in [7, 11) is 2.33. The summed E-state index contributed by atoms with van der Waals surface area (Å²) in [5.41, 5.74) is 0.724. The van der Waals surface area contributed by atoms with Crippen LogP contribution in [0.15, 0.2) is 0 Å². The molecule has 1 nitrogen and oxygen atoms in total. The molecule has 0 aromatic carbocycles. The van der Waals surface area contributed by atoms with Crippen molar-refractivity contribution in [1.82, 2.24) is 4.90 Å². The van der Waals surface area contributed by atoms with Crippen LogP contribution >= 0.6 is 0 Å². The lowest BCUT2D eigenvalue weighted by Crippen LogP contribution is -2.30. The minimum absolute atomic E-state index is 0.724. The lowest BCUT2D eigenvalue weighted by molar-refractivity contribution is 0.195. The Kier molecular flexibility index (Phi) is 2.88. The summed E-state index contributed by atoms with van der Waals surface area (Å²) < 4.78 is 0. The van der Waals surface area contributed by atoms with Crippen LogP contribution in [0.5, 0.6) is 0 Å². The molecule has 1 spiro atoms. The Morgan fingerprint density at radius 3 is 2.29 bits per heavy atom. The zero-order valence-electron chi connectivity index (χ0n) is 10.1. The van der Waals surface area contributed by atoms with Gasteiger partial charge in [0.05, 0.1) is 0 Å². The maximum Gasteiger partial charge on any atom is 0.0121 e. The molecule has 1 saturated carbocycles. The van der Waals surface area contributed by atoms with Crippen molar-refractivity contribution in [3.63, 3.8) is 0 Å². The highest BCUT2D eigenvalue weighted by atomic mass is 15.2. The maximum atomic E-state index is 2.62. The second-order valence-electron chi connectivity index (χ2n) is 5.99. The van der Waals surface area contributed by atoms with Crippen molar-refractivity contribution in [1.29, 1.82) is 0 Å². The smallest absolute Gasteiger partial charge is 0.0121 e. The highest BCUT2D eigenvalue weighted by Crippen LogP contribution is 2.46. The molecule has 0 aromatic heterocycles. The lowest BCUT2D eigenvalue weighted by atomic mass is 9.72. The van der Waals surface area contributed by atoms with E-state index in [1.165, 1.54) is 45.1 Å². The number of hydrogen-bond acceptors (Lipinski definition) is 1. The molecule has 0 amide bonds. The van der Waals surface area contributed by atoms with Gasteiger partial charge in [0, 0.05) is 12.6 Å². The summed E-state index contributed by atoms with van der Waals surface area (Å²) in [6.07, 6.45) is 8.93. The first-order chi connectivity index (χ1) is 6.63. The Morgan fingerprint density at radius 1 is 1.14 bits per heavy atom. The predicted molar refractivity (Wildman–Crippen MR) is 61.4 cm³/mol. The average molecular weight is 195 g/mol. The van der Waals surface area contributed by atoms with Crippen molar-refractivity contribution in [2.24, 2.45) is 11.3 Å². The summed E-state index contributed by atoms with van der Waals surface area (Å²) in [6, 6.07) is 0.855. The van der Waals surface area contributed by atoms with Crippen molar-refractivity contribution in [3.05, 3.63) is 0 Å². The molecule has 2 fully saturated rings. The third-order valence-corrected chi connectivity index (χ3v) is 4.48. The Bertz CT molecular complexity index is 191. The van der Waals surface area contributed by atoms with Gasteiger partial charge in [-0.05, 0) is 37.6 Å². The molecule has 0 bridgehead atoms. The molecule has 1 unspecified atom stereocenters. The normalized spacial score (nSPS) is 33.0. The highest BCUT2D eigenvalue weighted by molar-refractivity contribution is 4.96. The largest absolute Gasteiger partial charge is 0.303 e. The van der Waals surface area contributed by atoms with Crippen molar-refractivity contribution >= 4 is 0 Å². The Labute approximate surface area is 88.9 Å². The monoisotopic (exact) mass is 195 g/mol. The van der Waals surface area contributed by atoms with E-state index in [4.69, 9.17) is 0 Å². The van der Waals surface area contributed by atoms with Crippen LogP contribution in [0.25, 0.3) is 0 Å². The minimum Gasteiger partial charge on any atom is -0.303 e. The van der Waals surface area contributed by atoms with Gasteiger partial charge in [-0.25, -0.2) is 0 Å². The van der Waals surface area contributed by atoms with E-state index in [-0.39, 0.29) is 0 Å².